The average molecular weight is 465 g/mol. The summed E-state index contributed by atoms with van der Waals surface area (Å²) < 4.78 is 11.1. The standard InChI is InChI=1S/C18H17Cl4N3O3/c1-11-9-25-15(10-24-11)18(26)23-4-2-5-28-17-13(19)7-12(8-14(17)20)27-6-3-16(21)22/h3,7-10H,2,4-6H2,1H3,(H,23,26). The molecule has 0 unspecified atom stereocenters. The molecule has 0 spiro atoms. The molecule has 1 N–H and O–H groups in total. The maximum atomic E-state index is 11.9. The van der Waals surface area contributed by atoms with Crippen LogP contribution in [-0.2, 0) is 0 Å². The first-order valence-electron chi connectivity index (χ1n) is 8.19. The zero-order valence-corrected chi connectivity index (χ0v) is 17.9. The second-order valence-electron chi connectivity index (χ2n) is 5.52. The number of amides is 1. The molecule has 6 nitrogen and oxygen atoms in total. The summed E-state index contributed by atoms with van der Waals surface area (Å²) in [6, 6.07) is 3.16. The van der Waals surface area contributed by atoms with Crippen LogP contribution in [0.5, 0.6) is 11.5 Å². The molecule has 0 fully saturated rings. The quantitative estimate of drug-likeness (QED) is 0.529. The second-order valence-corrected chi connectivity index (χ2v) is 7.34. The van der Waals surface area contributed by atoms with Gasteiger partial charge in [0.05, 0.1) is 28.5 Å². The van der Waals surface area contributed by atoms with Crippen molar-refractivity contribution in [2.75, 3.05) is 19.8 Å². The fraction of sp³-hybridized carbons (Fsp3) is 0.278. The van der Waals surface area contributed by atoms with Crippen LogP contribution in [0.3, 0.4) is 0 Å². The number of carbonyl (C=O) groups is 1. The molecule has 28 heavy (non-hydrogen) atoms. The highest BCUT2D eigenvalue weighted by atomic mass is 35.5. The largest absolute Gasteiger partial charge is 0.490 e. The van der Waals surface area contributed by atoms with Crippen molar-refractivity contribution in [3.05, 3.63) is 56.5 Å². The SMILES string of the molecule is Cc1cnc(C(=O)NCCCOc2c(Cl)cc(OCC=C(Cl)Cl)cc2Cl)cn1. The van der Waals surface area contributed by atoms with Gasteiger partial charge in [0.25, 0.3) is 5.91 Å². The number of rotatable bonds is 9. The van der Waals surface area contributed by atoms with Crippen molar-refractivity contribution < 1.29 is 14.3 Å². The van der Waals surface area contributed by atoms with Gasteiger partial charge in [-0.05, 0) is 19.4 Å². The van der Waals surface area contributed by atoms with Crippen LogP contribution in [-0.4, -0.2) is 35.6 Å². The maximum Gasteiger partial charge on any atom is 0.271 e. The average Bonchev–Trinajstić information content (AvgIpc) is 2.63. The van der Waals surface area contributed by atoms with Gasteiger partial charge in [-0.15, -0.1) is 0 Å². The minimum atomic E-state index is -0.295. The summed E-state index contributed by atoms with van der Waals surface area (Å²) in [7, 11) is 0. The van der Waals surface area contributed by atoms with Gasteiger partial charge in [-0.25, -0.2) is 4.98 Å². The molecule has 1 amide bonds. The van der Waals surface area contributed by atoms with E-state index in [-0.39, 0.29) is 22.7 Å². The van der Waals surface area contributed by atoms with Gasteiger partial charge in [0.15, 0.2) is 5.75 Å². The van der Waals surface area contributed by atoms with E-state index in [4.69, 9.17) is 55.9 Å². The van der Waals surface area contributed by atoms with E-state index in [0.29, 0.717) is 41.1 Å². The lowest BCUT2D eigenvalue weighted by atomic mass is 10.3. The summed E-state index contributed by atoms with van der Waals surface area (Å²) in [6.45, 7) is 2.69. The Morgan fingerprint density at radius 3 is 2.46 bits per heavy atom. The molecule has 0 aliphatic heterocycles. The molecule has 1 heterocycles. The predicted octanol–water partition coefficient (Wildman–Crippen LogP) is 4.99. The van der Waals surface area contributed by atoms with E-state index < -0.39 is 0 Å². The van der Waals surface area contributed by atoms with Crippen molar-refractivity contribution >= 4 is 52.3 Å². The van der Waals surface area contributed by atoms with E-state index in [1.54, 1.807) is 19.1 Å². The fourth-order valence-corrected chi connectivity index (χ4v) is 2.71. The summed E-state index contributed by atoms with van der Waals surface area (Å²) in [5.74, 6) is 0.508. The molecule has 150 valence electrons. The molecule has 0 saturated carbocycles. The van der Waals surface area contributed by atoms with Gasteiger partial charge in [-0.1, -0.05) is 46.4 Å². The fourth-order valence-electron chi connectivity index (χ4n) is 2.01. The number of nitrogens with one attached hydrogen (secondary N) is 1. The van der Waals surface area contributed by atoms with Gasteiger partial charge in [-0.2, -0.15) is 0 Å². The van der Waals surface area contributed by atoms with Crippen molar-refractivity contribution in [1.29, 1.82) is 0 Å². The summed E-state index contributed by atoms with van der Waals surface area (Å²) >= 11 is 23.4. The van der Waals surface area contributed by atoms with Crippen LogP contribution < -0.4 is 14.8 Å². The van der Waals surface area contributed by atoms with Crippen LogP contribution in [0.2, 0.25) is 10.0 Å². The Morgan fingerprint density at radius 1 is 1.14 bits per heavy atom. The smallest absolute Gasteiger partial charge is 0.271 e. The summed E-state index contributed by atoms with van der Waals surface area (Å²) in [6.07, 6.45) is 5.01. The highest BCUT2D eigenvalue weighted by Crippen LogP contribution is 2.37. The molecule has 0 radical (unpaired) electrons. The molecule has 1 aromatic heterocycles. The number of aromatic nitrogens is 2. The van der Waals surface area contributed by atoms with E-state index in [1.165, 1.54) is 18.5 Å². The summed E-state index contributed by atoms with van der Waals surface area (Å²) in [4.78, 5) is 20.0. The lowest BCUT2D eigenvalue weighted by molar-refractivity contribution is 0.0946. The Morgan fingerprint density at radius 2 is 1.86 bits per heavy atom. The Balaban J connectivity index is 1.78. The predicted molar refractivity (Wildman–Crippen MR) is 111 cm³/mol. The van der Waals surface area contributed by atoms with Crippen LogP contribution in [0.15, 0.2) is 35.1 Å². The van der Waals surface area contributed by atoms with Gasteiger partial charge in [0.1, 0.15) is 22.5 Å². The number of benzene rings is 1. The van der Waals surface area contributed by atoms with Crippen molar-refractivity contribution in [3.8, 4) is 11.5 Å². The first kappa shape index (κ1) is 22.6. The monoisotopic (exact) mass is 463 g/mol. The molecular weight excluding hydrogens is 448 g/mol. The van der Waals surface area contributed by atoms with Crippen LogP contribution in [0, 0.1) is 6.92 Å². The highest BCUT2D eigenvalue weighted by molar-refractivity contribution is 6.55. The number of halogens is 4. The minimum Gasteiger partial charge on any atom is -0.490 e. The number of nitrogens with zero attached hydrogens (tertiary/aromatic N) is 2. The van der Waals surface area contributed by atoms with Gasteiger partial charge in [0.2, 0.25) is 0 Å². The van der Waals surface area contributed by atoms with Crippen molar-refractivity contribution in [2.24, 2.45) is 0 Å². The molecule has 2 rings (SSSR count). The van der Waals surface area contributed by atoms with E-state index in [1.807, 2.05) is 0 Å². The van der Waals surface area contributed by atoms with Gasteiger partial charge in [-0.3, -0.25) is 9.78 Å². The van der Waals surface area contributed by atoms with Crippen LogP contribution in [0.4, 0.5) is 0 Å². The third-order valence-corrected chi connectivity index (χ3v) is 4.20. The number of ether oxygens (including phenoxy) is 2. The topological polar surface area (TPSA) is 73.3 Å². The molecule has 0 aliphatic carbocycles. The van der Waals surface area contributed by atoms with Crippen molar-refractivity contribution in [2.45, 2.75) is 13.3 Å². The molecule has 0 bridgehead atoms. The minimum absolute atomic E-state index is 0.110. The summed E-state index contributed by atoms with van der Waals surface area (Å²) in [5, 5.41) is 3.36. The molecule has 0 saturated heterocycles. The van der Waals surface area contributed by atoms with Crippen molar-refractivity contribution in [3.63, 3.8) is 0 Å². The van der Waals surface area contributed by atoms with E-state index in [2.05, 4.69) is 15.3 Å². The van der Waals surface area contributed by atoms with Crippen LogP contribution in [0.1, 0.15) is 22.6 Å². The molecule has 2 aromatic rings. The Bertz CT molecular complexity index is 817. The van der Waals surface area contributed by atoms with E-state index in [0.717, 1.165) is 5.69 Å². The second kappa shape index (κ2) is 11.3. The third kappa shape index (κ3) is 7.36. The Kier molecular flexibility index (Phi) is 9.12. The number of hydrogen-bond acceptors (Lipinski definition) is 5. The Labute approximate surface area is 182 Å². The Hall–Kier alpha value is -1.73. The first-order chi connectivity index (χ1) is 13.4. The highest BCUT2D eigenvalue weighted by Gasteiger charge is 2.11. The number of aryl methyl sites for hydroxylation is 1. The van der Waals surface area contributed by atoms with Crippen LogP contribution >= 0.6 is 46.4 Å². The molecule has 10 heteroatoms. The summed E-state index contributed by atoms with van der Waals surface area (Å²) in [5.41, 5.74) is 1.01. The first-order valence-corrected chi connectivity index (χ1v) is 9.70. The molecule has 0 atom stereocenters. The molecule has 1 aromatic carbocycles. The van der Waals surface area contributed by atoms with Gasteiger partial charge >= 0.3 is 0 Å². The van der Waals surface area contributed by atoms with Crippen molar-refractivity contribution in [1.82, 2.24) is 15.3 Å². The van der Waals surface area contributed by atoms with Gasteiger partial charge < -0.3 is 14.8 Å². The molecule has 0 aliphatic rings. The molecular formula is C18H17Cl4N3O3. The number of carbonyl (C=O) groups excluding carboxylic acids is 1. The number of hydrogen-bond donors (Lipinski definition) is 1. The van der Waals surface area contributed by atoms with E-state index in [9.17, 15) is 4.79 Å². The van der Waals surface area contributed by atoms with Crippen LogP contribution in [0.25, 0.3) is 0 Å². The zero-order chi connectivity index (χ0) is 20.5. The zero-order valence-electron chi connectivity index (χ0n) is 14.8. The lowest BCUT2D eigenvalue weighted by Gasteiger charge is -2.12. The van der Waals surface area contributed by atoms with Gasteiger partial charge in [0, 0.05) is 24.9 Å². The third-order valence-electron chi connectivity index (χ3n) is 3.33. The maximum absolute atomic E-state index is 11.9. The normalized spacial score (nSPS) is 10.3. The van der Waals surface area contributed by atoms with E-state index >= 15 is 0 Å². The lowest BCUT2D eigenvalue weighted by Crippen LogP contribution is -2.26.